The van der Waals surface area contributed by atoms with Crippen LogP contribution in [0.15, 0.2) is 108 Å². The third-order valence-electron chi connectivity index (χ3n) is 8.49. The van der Waals surface area contributed by atoms with Crippen LogP contribution in [0.1, 0.15) is 66.8 Å². The summed E-state index contributed by atoms with van der Waals surface area (Å²) >= 11 is 1.53. The van der Waals surface area contributed by atoms with Gasteiger partial charge in [0.1, 0.15) is 0 Å². The number of thioether (sulfide) groups is 1. The van der Waals surface area contributed by atoms with Crippen LogP contribution in [0.2, 0.25) is 0 Å². The number of aromatic nitrogens is 4. The van der Waals surface area contributed by atoms with Gasteiger partial charge in [-0.15, -0.1) is 5.10 Å². The summed E-state index contributed by atoms with van der Waals surface area (Å²) < 4.78 is 14.8. The third kappa shape index (κ3) is 9.21. The van der Waals surface area contributed by atoms with Crippen LogP contribution in [0, 0.1) is 0 Å². The summed E-state index contributed by atoms with van der Waals surface area (Å²) in [7, 11) is 0. The zero-order chi connectivity index (χ0) is 34.7. The number of aliphatic carboxylic acids is 1. The SMILES string of the molecule is O=C(O)CCCCC(=O)NCc1ccccc1-c1ccc([C@H]2O[C@@H](CSc3nnnn3-c3ccccc3)C[C@@H](c3ccc(CO)cc3)O2)cc1. The summed E-state index contributed by atoms with van der Waals surface area (Å²) in [5.41, 5.74) is 6.57. The number of aliphatic hydroxyl groups excluding tert-OH is 1. The smallest absolute Gasteiger partial charge is 0.303 e. The van der Waals surface area contributed by atoms with Crippen molar-refractivity contribution in [3.05, 3.63) is 125 Å². The van der Waals surface area contributed by atoms with Crippen molar-refractivity contribution in [2.75, 3.05) is 5.75 Å². The van der Waals surface area contributed by atoms with Crippen LogP contribution in [-0.4, -0.2) is 54.2 Å². The van der Waals surface area contributed by atoms with Crippen LogP contribution in [0.4, 0.5) is 0 Å². The molecule has 5 aromatic rings. The molecule has 50 heavy (non-hydrogen) atoms. The summed E-state index contributed by atoms with van der Waals surface area (Å²) in [5.74, 6) is -0.343. The highest BCUT2D eigenvalue weighted by atomic mass is 32.2. The first-order chi connectivity index (χ1) is 24.5. The molecule has 12 heteroatoms. The van der Waals surface area contributed by atoms with E-state index in [9.17, 15) is 14.7 Å². The molecule has 1 aliphatic heterocycles. The number of aliphatic hydroxyl groups is 1. The second-order valence-corrected chi connectivity index (χ2v) is 13.0. The van der Waals surface area contributed by atoms with E-state index in [0.717, 1.165) is 39.1 Å². The number of hydrogen-bond acceptors (Lipinski definition) is 9. The molecule has 6 rings (SSSR count). The van der Waals surface area contributed by atoms with E-state index in [1.807, 2.05) is 103 Å². The highest BCUT2D eigenvalue weighted by molar-refractivity contribution is 7.99. The van der Waals surface area contributed by atoms with Crippen molar-refractivity contribution in [3.63, 3.8) is 0 Å². The Morgan fingerprint density at radius 1 is 0.860 bits per heavy atom. The lowest BCUT2D eigenvalue weighted by Crippen LogP contribution is -2.31. The lowest BCUT2D eigenvalue weighted by Gasteiger charge is -2.36. The van der Waals surface area contributed by atoms with Gasteiger partial charge in [0.15, 0.2) is 6.29 Å². The van der Waals surface area contributed by atoms with Gasteiger partial charge in [-0.3, -0.25) is 9.59 Å². The van der Waals surface area contributed by atoms with Gasteiger partial charge in [0, 0.05) is 37.1 Å². The van der Waals surface area contributed by atoms with Crippen molar-refractivity contribution in [1.82, 2.24) is 25.5 Å². The van der Waals surface area contributed by atoms with Crippen LogP contribution in [0.5, 0.6) is 0 Å². The Morgan fingerprint density at radius 2 is 1.58 bits per heavy atom. The molecule has 1 saturated heterocycles. The maximum absolute atomic E-state index is 12.4. The van der Waals surface area contributed by atoms with Gasteiger partial charge in [-0.05, 0) is 63.2 Å². The minimum Gasteiger partial charge on any atom is -0.481 e. The van der Waals surface area contributed by atoms with E-state index in [1.54, 1.807) is 4.68 Å². The van der Waals surface area contributed by atoms with Gasteiger partial charge < -0.3 is 25.0 Å². The lowest BCUT2D eigenvalue weighted by atomic mass is 9.97. The molecule has 1 amide bonds. The summed E-state index contributed by atoms with van der Waals surface area (Å²) in [4.78, 5) is 23.1. The molecule has 2 heterocycles. The van der Waals surface area contributed by atoms with Crippen molar-refractivity contribution in [3.8, 4) is 16.8 Å². The number of benzene rings is 4. The number of carbonyl (C=O) groups is 2. The molecule has 1 fully saturated rings. The Bertz CT molecular complexity index is 1850. The quantitative estimate of drug-likeness (QED) is 0.0829. The molecule has 0 spiro atoms. The van der Waals surface area contributed by atoms with Gasteiger partial charge in [0.2, 0.25) is 11.1 Å². The highest BCUT2D eigenvalue weighted by Crippen LogP contribution is 2.40. The van der Waals surface area contributed by atoms with E-state index in [2.05, 4.69) is 20.8 Å². The Morgan fingerprint density at radius 3 is 2.34 bits per heavy atom. The maximum atomic E-state index is 12.4. The number of ether oxygens (including phenoxy) is 2. The zero-order valence-electron chi connectivity index (χ0n) is 27.4. The van der Waals surface area contributed by atoms with E-state index in [-0.39, 0.29) is 31.1 Å². The number of unbranched alkanes of at least 4 members (excludes halogenated alkanes) is 1. The van der Waals surface area contributed by atoms with E-state index < -0.39 is 12.3 Å². The van der Waals surface area contributed by atoms with E-state index >= 15 is 0 Å². The van der Waals surface area contributed by atoms with Crippen molar-refractivity contribution >= 4 is 23.6 Å². The number of para-hydroxylation sites is 1. The molecule has 0 radical (unpaired) electrons. The number of hydrogen-bond donors (Lipinski definition) is 3. The number of nitrogens with zero attached hydrogens (tertiary/aromatic N) is 4. The molecule has 1 aromatic heterocycles. The van der Waals surface area contributed by atoms with Crippen molar-refractivity contribution in [1.29, 1.82) is 0 Å². The lowest BCUT2D eigenvalue weighted by molar-refractivity contribution is -0.245. The zero-order valence-corrected chi connectivity index (χ0v) is 28.2. The number of nitrogens with one attached hydrogen (secondary N) is 1. The van der Waals surface area contributed by atoms with Crippen molar-refractivity contribution < 1.29 is 29.3 Å². The molecule has 258 valence electrons. The van der Waals surface area contributed by atoms with Gasteiger partial charge in [-0.2, -0.15) is 4.68 Å². The van der Waals surface area contributed by atoms with Gasteiger partial charge in [0.25, 0.3) is 0 Å². The molecule has 0 saturated carbocycles. The number of carboxylic acid groups (broad SMARTS) is 1. The van der Waals surface area contributed by atoms with Crippen molar-refractivity contribution in [2.45, 2.75) is 68.9 Å². The molecule has 3 N–H and O–H groups in total. The summed E-state index contributed by atoms with van der Waals surface area (Å²) in [6.45, 7) is 0.345. The normalized spacial score (nSPS) is 17.3. The monoisotopic (exact) mass is 693 g/mol. The summed E-state index contributed by atoms with van der Waals surface area (Å²) in [6, 6.07) is 33.6. The van der Waals surface area contributed by atoms with Gasteiger partial charge in [0.05, 0.1) is 24.5 Å². The molecular formula is C38H39N5O6S. The first kappa shape index (κ1) is 35.0. The van der Waals surface area contributed by atoms with Crippen LogP contribution >= 0.6 is 11.8 Å². The van der Waals surface area contributed by atoms with Crippen molar-refractivity contribution in [2.24, 2.45) is 0 Å². The summed E-state index contributed by atoms with van der Waals surface area (Å²) in [5, 5.41) is 34.4. The van der Waals surface area contributed by atoms with Crippen LogP contribution in [0.3, 0.4) is 0 Å². The molecule has 0 aliphatic carbocycles. The fraction of sp³-hybridized carbons (Fsp3) is 0.289. The van der Waals surface area contributed by atoms with E-state index in [1.165, 1.54) is 11.8 Å². The molecule has 0 unspecified atom stereocenters. The number of rotatable bonds is 15. The fourth-order valence-corrected chi connectivity index (χ4v) is 6.72. The first-order valence-corrected chi connectivity index (χ1v) is 17.6. The standard InChI is InChI=1S/C38H39N5O6S/c44-24-26-14-16-28(17-15-26)34-22-32(25-50-38-40-41-42-43(38)31-9-2-1-3-10-31)48-37(49-34)29-20-18-27(19-21-29)33-11-5-4-8-30(33)23-39-35(45)12-6-7-13-36(46)47/h1-5,8-11,14-21,32,34,37,44H,6-7,12-13,22-25H2,(H,39,45)(H,46,47)/t32-,34+,37+/m1/s1. The second kappa shape index (κ2) is 17.2. The number of amides is 1. The molecule has 0 bridgehead atoms. The topological polar surface area (TPSA) is 149 Å². The van der Waals surface area contributed by atoms with Crippen LogP contribution in [-0.2, 0) is 32.2 Å². The average molecular weight is 694 g/mol. The molecule has 1 aliphatic rings. The van der Waals surface area contributed by atoms with Crippen LogP contribution in [0.25, 0.3) is 16.8 Å². The Balaban J connectivity index is 1.15. The maximum Gasteiger partial charge on any atom is 0.303 e. The van der Waals surface area contributed by atoms with Gasteiger partial charge in [-0.25, -0.2) is 0 Å². The fourth-order valence-electron chi connectivity index (χ4n) is 5.81. The minimum absolute atomic E-state index is 0.0244. The van der Waals surface area contributed by atoms with Gasteiger partial charge >= 0.3 is 5.97 Å². The van der Waals surface area contributed by atoms with Crippen LogP contribution < -0.4 is 5.32 Å². The number of tetrazole rings is 1. The predicted octanol–water partition coefficient (Wildman–Crippen LogP) is 6.42. The number of carbonyl (C=O) groups excluding carboxylic acids is 1. The van der Waals surface area contributed by atoms with Gasteiger partial charge in [-0.1, -0.05) is 103 Å². The molecule has 11 nitrogen and oxygen atoms in total. The molecule has 4 aromatic carbocycles. The largest absolute Gasteiger partial charge is 0.481 e. The predicted molar refractivity (Wildman–Crippen MR) is 188 cm³/mol. The molecular weight excluding hydrogens is 655 g/mol. The van der Waals surface area contributed by atoms with E-state index in [0.29, 0.717) is 43.1 Å². The Kier molecular flexibility index (Phi) is 12.0. The Labute approximate surface area is 294 Å². The first-order valence-electron chi connectivity index (χ1n) is 16.6. The minimum atomic E-state index is -0.849. The summed E-state index contributed by atoms with van der Waals surface area (Å²) in [6.07, 6.45) is 0.982. The number of carboxylic acids is 1. The molecule has 3 atom stereocenters. The third-order valence-corrected chi connectivity index (χ3v) is 9.54. The highest BCUT2D eigenvalue weighted by Gasteiger charge is 2.32. The van der Waals surface area contributed by atoms with E-state index in [4.69, 9.17) is 14.6 Å². The second-order valence-electron chi connectivity index (χ2n) is 12.0. The Hall–Kier alpha value is -4.88. The average Bonchev–Trinajstić information content (AvgIpc) is 3.64.